The van der Waals surface area contributed by atoms with Crippen molar-refractivity contribution in [2.75, 3.05) is 7.11 Å². The van der Waals surface area contributed by atoms with E-state index >= 15 is 0 Å². The number of carboxylic acid groups (broad SMARTS) is 1. The van der Waals surface area contributed by atoms with Gasteiger partial charge in [0.1, 0.15) is 17.0 Å². The average Bonchev–Trinajstić information content (AvgIpc) is 3.09. The number of carbonyl (C=O) groups is 1. The van der Waals surface area contributed by atoms with E-state index in [1.54, 1.807) is 38.4 Å². The Hall–Kier alpha value is -2.86. The number of hydrogen-bond acceptors (Lipinski definition) is 4. The molecule has 0 saturated carbocycles. The van der Waals surface area contributed by atoms with Crippen molar-refractivity contribution in [3.63, 3.8) is 0 Å². The summed E-state index contributed by atoms with van der Waals surface area (Å²) < 4.78 is 5.29. The molecule has 0 amide bonds. The minimum Gasteiger partial charge on any atom is -0.495 e. The third-order valence-corrected chi connectivity index (χ3v) is 4.54. The fraction of sp³-hybridized carbons (Fsp3) is 0.211. The summed E-state index contributed by atoms with van der Waals surface area (Å²) in [6.45, 7) is 3.22. The molecule has 0 fully saturated rings. The molecule has 0 aliphatic rings. The van der Waals surface area contributed by atoms with E-state index in [1.807, 2.05) is 18.2 Å². The predicted octanol–water partition coefficient (Wildman–Crippen LogP) is 4.16. The molecule has 0 radical (unpaired) electrons. The van der Waals surface area contributed by atoms with Gasteiger partial charge in [-0.15, -0.1) is 0 Å². The SMILES string of the molecule is COc1cc(-c2nc(C(C)(C)C(=O)O)[nH]c2-c2ccncc2)ccc1Cl. The molecule has 26 heavy (non-hydrogen) atoms. The maximum absolute atomic E-state index is 11.7. The summed E-state index contributed by atoms with van der Waals surface area (Å²) in [5.74, 6) is -0.0830. The Balaban J connectivity index is 2.23. The van der Waals surface area contributed by atoms with Gasteiger partial charge in [0.15, 0.2) is 0 Å². The molecular formula is C19H18ClN3O3. The Kier molecular flexibility index (Phi) is 4.70. The molecule has 2 aromatic heterocycles. The number of carboxylic acids is 1. The summed E-state index contributed by atoms with van der Waals surface area (Å²) in [4.78, 5) is 23.5. The van der Waals surface area contributed by atoms with Crippen LogP contribution in [0.4, 0.5) is 0 Å². The van der Waals surface area contributed by atoms with Gasteiger partial charge in [-0.25, -0.2) is 4.98 Å². The van der Waals surface area contributed by atoms with Crippen molar-refractivity contribution in [3.05, 3.63) is 53.6 Å². The van der Waals surface area contributed by atoms with Crippen LogP contribution in [0, 0.1) is 0 Å². The lowest BCUT2D eigenvalue weighted by molar-refractivity contribution is -0.142. The number of benzene rings is 1. The molecule has 0 unspecified atom stereocenters. The molecule has 0 saturated heterocycles. The van der Waals surface area contributed by atoms with E-state index in [-0.39, 0.29) is 0 Å². The van der Waals surface area contributed by atoms with E-state index in [0.29, 0.717) is 28.0 Å². The molecule has 0 aliphatic heterocycles. The fourth-order valence-corrected chi connectivity index (χ4v) is 2.71. The highest BCUT2D eigenvalue weighted by atomic mass is 35.5. The number of pyridine rings is 1. The molecule has 2 heterocycles. The maximum atomic E-state index is 11.7. The van der Waals surface area contributed by atoms with Crippen LogP contribution in [-0.4, -0.2) is 33.1 Å². The zero-order chi connectivity index (χ0) is 18.9. The van der Waals surface area contributed by atoms with Crippen molar-refractivity contribution >= 4 is 17.6 Å². The molecule has 134 valence electrons. The number of hydrogen-bond donors (Lipinski definition) is 2. The highest BCUT2D eigenvalue weighted by molar-refractivity contribution is 6.32. The number of nitrogens with one attached hydrogen (secondary N) is 1. The zero-order valence-electron chi connectivity index (χ0n) is 14.6. The monoisotopic (exact) mass is 371 g/mol. The van der Waals surface area contributed by atoms with E-state index in [1.165, 1.54) is 7.11 Å². The van der Waals surface area contributed by atoms with E-state index in [2.05, 4.69) is 15.0 Å². The van der Waals surface area contributed by atoms with Gasteiger partial charge in [-0.05, 0) is 38.1 Å². The predicted molar refractivity (Wildman–Crippen MR) is 99.5 cm³/mol. The van der Waals surface area contributed by atoms with Gasteiger partial charge >= 0.3 is 5.97 Å². The molecule has 3 rings (SSSR count). The van der Waals surface area contributed by atoms with Crippen molar-refractivity contribution in [1.82, 2.24) is 15.0 Å². The Morgan fingerprint density at radius 2 is 1.88 bits per heavy atom. The van der Waals surface area contributed by atoms with Crippen LogP contribution < -0.4 is 4.74 Å². The Morgan fingerprint density at radius 1 is 1.19 bits per heavy atom. The van der Waals surface area contributed by atoms with E-state index in [4.69, 9.17) is 16.3 Å². The van der Waals surface area contributed by atoms with Crippen molar-refractivity contribution in [2.45, 2.75) is 19.3 Å². The topological polar surface area (TPSA) is 88.1 Å². The van der Waals surface area contributed by atoms with Crippen molar-refractivity contribution in [1.29, 1.82) is 0 Å². The van der Waals surface area contributed by atoms with Gasteiger partial charge < -0.3 is 14.8 Å². The highest BCUT2D eigenvalue weighted by Crippen LogP contribution is 2.36. The maximum Gasteiger partial charge on any atom is 0.316 e. The van der Waals surface area contributed by atoms with Crippen molar-refractivity contribution in [3.8, 4) is 28.3 Å². The quantitative estimate of drug-likeness (QED) is 0.703. The summed E-state index contributed by atoms with van der Waals surface area (Å²) in [5, 5.41) is 10.0. The van der Waals surface area contributed by atoms with Gasteiger partial charge in [0, 0.05) is 23.5 Å². The molecule has 6 nitrogen and oxygen atoms in total. The van der Waals surface area contributed by atoms with E-state index in [0.717, 1.165) is 11.1 Å². The van der Waals surface area contributed by atoms with Crippen LogP contribution in [0.1, 0.15) is 19.7 Å². The van der Waals surface area contributed by atoms with Gasteiger partial charge in [0.25, 0.3) is 0 Å². The number of aliphatic carboxylic acids is 1. The molecule has 0 atom stereocenters. The van der Waals surface area contributed by atoms with Crippen LogP contribution in [0.25, 0.3) is 22.5 Å². The number of aromatic amines is 1. The average molecular weight is 372 g/mol. The lowest BCUT2D eigenvalue weighted by Crippen LogP contribution is -2.29. The highest BCUT2D eigenvalue weighted by Gasteiger charge is 2.34. The van der Waals surface area contributed by atoms with Crippen LogP contribution in [-0.2, 0) is 10.2 Å². The summed E-state index contributed by atoms with van der Waals surface area (Å²) in [5.41, 5.74) is 1.78. The summed E-state index contributed by atoms with van der Waals surface area (Å²) in [6.07, 6.45) is 3.34. The van der Waals surface area contributed by atoms with Crippen LogP contribution >= 0.6 is 11.6 Å². The first-order valence-corrected chi connectivity index (χ1v) is 8.30. The minimum atomic E-state index is -1.17. The van der Waals surface area contributed by atoms with Crippen LogP contribution in [0.3, 0.4) is 0 Å². The van der Waals surface area contributed by atoms with E-state index in [9.17, 15) is 9.90 Å². The second kappa shape index (κ2) is 6.80. The molecule has 0 bridgehead atoms. The number of rotatable bonds is 5. The Bertz CT molecular complexity index is 952. The Morgan fingerprint density at radius 3 is 2.50 bits per heavy atom. The number of aromatic nitrogens is 3. The van der Waals surface area contributed by atoms with E-state index < -0.39 is 11.4 Å². The van der Waals surface area contributed by atoms with Gasteiger partial charge in [-0.1, -0.05) is 17.7 Å². The first-order valence-electron chi connectivity index (χ1n) is 7.92. The largest absolute Gasteiger partial charge is 0.495 e. The summed E-state index contributed by atoms with van der Waals surface area (Å²) in [6, 6.07) is 9.00. The second-order valence-corrected chi connectivity index (χ2v) is 6.73. The number of ether oxygens (including phenoxy) is 1. The van der Waals surface area contributed by atoms with Crippen LogP contribution in [0.15, 0.2) is 42.7 Å². The van der Waals surface area contributed by atoms with Crippen LogP contribution in [0.5, 0.6) is 5.75 Å². The standard InChI is InChI=1S/C19H18ClN3O3/c1-19(2,18(24)25)17-22-15(11-6-8-21-9-7-11)16(23-17)12-4-5-13(20)14(10-12)26-3/h4-10H,1-3H3,(H,22,23)(H,24,25). The first kappa shape index (κ1) is 17.9. The summed E-state index contributed by atoms with van der Waals surface area (Å²) in [7, 11) is 1.54. The number of methoxy groups -OCH3 is 1. The second-order valence-electron chi connectivity index (χ2n) is 6.32. The first-order chi connectivity index (χ1) is 12.3. The third-order valence-electron chi connectivity index (χ3n) is 4.22. The zero-order valence-corrected chi connectivity index (χ0v) is 15.3. The number of imidazole rings is 1. The fourth-order valence-electron chi connectivity index (χ4n) is 2.51. The molecule has 2 N–H and O–H groups in total. The lowest BCUT2D eigenvalue weighted by Gasteiger charge is -2.15. The molecule has 3 aromatic rings. The lowest BCUT2D eigenvalue weighted by atomic mass is 9.93. The minimum absolute atomic E-state index is 0.362. The smallest absolute Gasteiger partial charge is 0.316 e. The van der Waals surface area contributed by atoms with Gasteiger partial charge in [0.05, 0.1) is 23.5 Å². The van der Waals surface area contributed by atoms with Crippen molar-refractivity contribution in [2.24, 2.45) is 0 Å². The number of nitrogens with zero attached hydrogens (tertiary/aromatic N) is 2. The molecule has 0 spiro atoms. The van der Waals surface area contributed by atoms with Gasteiger partial charge in [-0.3, -0.25) is 9.78 Å². The van der Waals surface area contributed by atoms with Gasteiger partial charge in [0.2, 0.25) is 0 Å². The van der Waals surface area contributed by atoms with Gasteiger partial charge in [-0.2, -0.15) is 0 Å². The Labute approximate surface area is 155 Å². The summed E-state index contributed by atoms with van der Waals surface area (Å²) >= 11 is 6.12. The van der Waals surface area contributed by atoms with Crippen molar-refractivity contribution < 1.29 is 14.6 Å². The number of H-pyrrole nitrogens is 1. The molecule has 1 aromatic carbocycles. The molecule has 0 aliphatic carbocycles. The molecule has 7 heteroatoms. The third kappa shape index (κ3) is 3.15. The molecular weight excluding hydrogens is 354 g/mol. The number of halogens is 1. The van der Waals surface area contributed by atoms with Crippen LogP contribution in [0.2, 0.25) is 5.02 Å². The normalized spacial score (nSPS) is 11.4.